The first-order valence-electron chi connectivity index (χ1n) is 7.09. The van der Waals surface area contributed by atoms with Crippen molar-refractivity contribution in [2.24, 2.45) is 5.92 Å². The highest BCUT2D eigenvalue weighted by atomic mass is 16.2. The van der Waals surface area contributed by atoms with Crippen molar-refractivity contribution >= 4 is 11.8 Å². The molecule has 0 bridgehead atoms. The summed E-state index contributed by atoms with van der Waals surface area (Å²) >= 11 is 0. The molecule has 0 aliphatic carbocycles. The SMILES string of the molecule is CC(C)C(C)NC(=O)CCNC(=O)Cc1ccccc1. The van der Waals surface area contributed by atoms with Crippen molar-refractivity contribution in [3.63, 3.8) is 0 Å². The average Bonchev–Trinajstić information content (AvgIpc) is 2.39. The Morgan fingerprint density at radius 1 is 1.05 bits per heavy atom. The van der Waals surface area contributed by atoms with Crippen LogP contribution in [0.1, 0.15) is 32.8 Å². The van der Waals surface area contributed by atoms with E-state index in [0.29, 0.717) is 25.3 Å². The van der Waals surface area contributed by atoms with Crippen molar-refractivity contribution in [3.8, 4) is 0 Å². The van der Waals surface area contributed by atoms with Crippen LogP contribution in [0.25, 0.3) is 0 Å². The maximum absolute atomic E-state index is 11.7. The highest BCUT2D eigenvalue weighted by Crippen LogP contribution is 2.00. The summed E-state index contributed by atoms with van der Waals surface area (Å²) in [5, 5.41) is 5.68. The Labute approximate surface area is 121 Å². The van der Waals surface area contributed by atoms with Crippen LogP contribution in [-0.4, -0.2) is 24.4 Å². The summed E-state index contributed by atoms with van der Waals surface area (Å²) in [4.78, 5) is 23.3. The van der Waals surface area contributed by atoms with Crippen molar-refractivity contribution in [3.05, 3.63) is 35.9 Å². The fourth-order valence-electron chi connectivity index (χ4n) is 1.65. The molecule has 0 heterocycles. The molecule has 2 N–H and O–H groups in total. The lowest BCUT2D eigenvalue weighted by Crippen LogP contribution is -2.38. The number of hydrogen-bond donors (Lipinski definition) is 2. The van der Waals surface area contributed by atoms with Crippen molar-refractivity contribution in [2.45, 2.75) is 39.7 Å². The lowest BCUT2D eigenvalue weighted by molar-refractivity contribution is -0.122. The Morgan fingerprint density at radius 2 is 1.70 bits per heavy atom. The molecule has 20 heavy (non-hydrogen) atoms. The Morgan fingerprint density at radius 3 is 2.30 bits per heavy atom. The number of rotatable bonds is 7. The van der Waals surface area contributed by atoms with E-state index in [4.69, 9.17) is 0 Å². The molecule has 1 unspecified atom stereocenters. The molecular formula is C16H24N2O2. The predicted molar refractivity (Wildman–Crippen MR) is 80.2 cm³/mol. The van der Waals surface area contributed by atoms with E-state index in [2.05, 4.69) is 24.5 Å². The second kappa shape index (κ2) is 8.35. The molecule has 1 aromatic carbocycles. The van der Waals surface area contributed by atoms with Crippen molar-refractivity contribution in [1.82, 2.24) is 10.6 Å². The minimum absolute atomic E-state index is 0.0220. The second-order valence-electron chi connectivity index (χ2n) is 5.36. The summed E-state index contributed by atoms with van der Waals surface area (Å²) in [5.74, 6) is 0.332. The van der Waals surface area contributed by atoms with Gasteiger partial charge in [-0.15, -0.1) is 0 Å². The zero-order chi connectivity index (χ0) is 15.0. The smallest absolute Gasteiger partial charge is 0.224 e. The highest BCUT2D eigenvalue weighted by Gasteiger charge is 2.10. The molecule has 0 radical (unpaired) electrons. The van der Waals surface area contributed by atoms with E-state index in [0.717, 1.165) is 5.56 Å². The van der Waals surface area contributed by atoms with Crippen LogP contribution in [0.3, 0.4) is 0 Å². The van der Waals surface area contributed by atoms with Crippen LogP contribution in [0.5, 0.6) is 0 Å². The Balaban J connectivity index is 2.20. The van der Waals surface area contributed by atoms with Gasteiger partial charge < -0.3 is 10.6 Å². The van der Waals surface area contributed by atoms with Gasteiger partial charge in [-0.05, 0) is 18.4 Å². The van der Waals surface area contributed by atoms with E-state index < -0.39 is 0 Å². The maximum atomic E-state index is 11.7. The van der Waals surface area contributed by atoms with Crippen LogP contribution >= 0.6 is 0 Å². The Kier molecular flexibility index (Phi) is 6.77. The van der Waals surface area contributed by atoms with Gasteiger partial charge in [0.25, 0.3) is 0 Å². The first-order chi connectivity index (χ1) is 9.49. The van der Waals surface area contributed by atoms with Gasteiger partial charge in [0.05, 0.1) is 6.42 Å². The molecule has 1 atom stereocenters. The fraction of sp³-hybridized carbons (Fsp3) is 0.500. The molecule has 0 aliphatic rings. The van der Waals surface area contributed by atoms with E-state index in [-0.39, 0.29) is 17.9 Å². The van der Waals surface area contributed by atoms with Crippen LogP contribution in [0.4, 0.5) is 0 Å². The topological polar surface area (TPSA) is 58.2 Å². The molecule has 0 saturated heterocycles. The Hall–Kier alpha value is -1.84. The van der Waals surface area contributed by atoms with Gasteiger partial charge in [0.1, 0.15) is 0 Å². The molecule has 4 nitrogen and oxygen atoms in total. The molecule has 0 aromatic heterocycles. The summed E-state index contributed by atoms with van der Waals surface area (Å²) in [6, 6.07) is 9.71. The van der Waals surface area contributed by atoms with Crippen LogP contribution < -0.4 is 10.6 Å². The summed E-state index contributed by atoms with van der Waals surface area (Å²) in [5.41, 5.74) is 0.975. The number of carbonyl (C=O) groups excluding carboxylic acids is 2. The average molecular weight is 276 g/mol. The van der Waals surface area contributed by atoms with Gasteiger partial charge in [-0.2, -0.15) is 0 Å². The molecule has 0 spiro atoms. The first-order valence-corrected chi connectivity index (χ1v) is 7.09. The molecule has 2 amide bonds. The zero-order valence-electron chi connectivity index (χ0n) is 12.5. The third kappa shape index (κ3) is 6.36. The van der Waals surface area contributed by atoms with E-state index in [1.165, 1.54) is 0 Å². The van der Waals surface area contributed by atoms with Gasteiger partial charge in [0.15, 0.2) is 0 Å². The molecule has 1 rings (SSSR count). The molecule has 0 fully saturated rings. The van der Waals surface area contributed by atoms with E-state index in [1.807, 2.05) is 37.3 Å². The Bertz CT molecular complexity index is 429. The minimum Gasteiger partial charge on any atom is -0.355 e. The molecule has 1 aromatic rings. The number of nitrogens with one attached hydrogen (secondary N) is 2. The molecular weight excluding hydrogens is 252 g/mol. The maximum Gasteiger partial charge on any atom is 0.224 e. The van der Waals surface area contributed by atoms with Crippen LogP contribution in [0.15, 0.2) is 30.3 Å². The summed E-state index contributed by atoms with van der Waals surface area (Å²) in [7, 11) is 0. The van der Waals surface area contributed by atoms with Gasteiger partial charge in [0, 0.05) is 19.0 Å². The third-order valence-corrected chi connectivity index (χ3v) is 3.27. The van der Waals surface area contributed by atoms with E-state index in [9.17, 15) is 9.59 Å². The third-order valence-electron chi connectivity index (χ3n) is 3.27. The summed E-state index contributed by atoms with van der Waals surface area (Å²) in [6.07, 6.45) is 0.669. The van der Waals surface area contributed by atoms with Crippen LogP contribution in [0.2, 0.25) is 0 Å². The van der Waals surface area contributed by atoms with Gasteiger partial charge in [-0.3, -0.25) is 9.59 Å². The van der Waals surface area contributed by atoms with Gasteiger partial charge >= 0.3 is 0 Å². The second-order valence-corrected chi connectivity index (χ2v) is 5.36. The summed E-state index contributed by atoms with van der Waals surface area (Å²) in [6.45, 7) is 6.48. The first kappa shape index (κ1) is 16.2. The van der Waals surface area contributed by atoms with Crippen molar-refractivity contribution in [2.75, 3.05) is 6.54 Å². The summed E-state index contributed by atoms with van der Waals surface area (Å²) < 4.78 is 0. The number of carbonyl (C=O) groups is 2. The van der Waals surface area contributed by atoms with E-state index >= 15 is 0 Å². The van der Waals surface area contributed by atoms with Gasteiger partial charge in [0.2, 0.25) is 11.8 Å². The van der Waals surface area contributed by atoms with E-state index in [1.54, 1.807) is 0 Å². The molecule has 0 aliphatic heterocycles. The monoisotopic (exact) mass is 276 g/mol. The minimum atomic E-state index is -0.0547. The standard InChI is InChI=1S/C16H24N2O2/c1-12(2)13(3)18-15(19)9-10-17-16(20)11-14-7-5-4-6-8-14/h4-8,12-13H,9-11H2,1-3H3,(H,17,20)(H,18,19). The van der Waals surface area contributed by atoms with Crippen molar-refractivity contribution < 1.29 is 9.59 Å². The molecule has 110 valence electrons. The predicted octanol–water partition coefficient (Wildman–Crippen LogP) is 1.90. The number of hydrogen-bond acceptors (Lipinski definition) is 2. The largest absolute Gasteiger partial charge is 0.355 e. The zero-order valence-corrected chi connectivity index (χ0v) is 12.5. The number of benzene rings is 1. The quantitative estimate of drug-likeness (QED) is 0.799. The number of amides is 2. The normalized spacial score (nSPS) is 12.0. The lowest BCUT2D eigenvalue weighted by Gasteiger charge is -2.17. The lowest BCUT2D eigenvalue weighted by atomic mass is 10.1. The molecule has 0 saturated carbocycles. The molecule has 4 heteroatoms. The van der Waals surface area contributed by atoms with Gasteiger partial charge in [-0.1, -0.05) is 44.2 Å². The van der Waals surface area contributed by atoms with Crippen molar-refractivity contribution in [1.29, 1.82) is 0 Å². The highest BCUT2D eigenvalue weighted by molar-refractivity contribution is 5.80. The van der Waals surface area contributed by atoms with Crippen LogP contribution in [-0.2, 0) is 16.0 Å². The fourth-order valence-corrected chi connectivity index (χ4v) is 1.65. The van der Waals surface area contributed by atoms with Crippen LogP contribution in [0, 0.1) is 5.92 Å². The van der Waals surface area contributed by atoms with Gasteiger partial charge in [-0.25, -0.2) is 0 Å².